The highest BCUT2D eigenvalue weighted by Crippen LogP contribution is 2.29. The molecule has 0 aliphatic carbocycles. The lowest BCUT2D eigenvalue weighted by Gasteiger charge is -2.04. The first-order chi connectivity index (χ1) is 11.9. The molecule has 0 radical (unpaired) electrons. The number of aromatic nitrogens is 1. The lowest BCUT2D eigenvalue weighted by Crippen LogP contribution is -2.24. The van der Waals surface area contributed by atoms with Crippen LogP contribution in [0.1, 0.15) is 5.56 Å². The Morgan fingerprint density at radius 2 is 1.68 bits per heavy atom. The van der Waals surface area contributed by atoms with Crippen molar-refractivity contribution in [1.82, 2.24) is 9.71 Å². The van der Waals surface area contributed by atoms with Gasteiger partial charge in [-0.3, -0.25) is 0 Å². The lowest BCUT2D eigenvalue weighted by atomic mass is 10.1. The molecule has 2 aromatic carbocycles. The van der Waals surface area contributed by atoms with Gasteiger partial charge in [-0.1, -0.05) is 24.3 Å². The Morgan fingerprint density at radius 1 is 1.04 bits per heavy atom. The summed E-state index contributed by atoms with van der Waals surface area (Å²) in [7, 11) is -3.15. The van der Waals surface area contributed by atoms with Crippen LogP contribution in [0.3, 0.4) is 0 Å². The minimum absolute atomic E-state index is 0.263. The molecule has 0 aliphatic rings. The summed E-state index contributed by atoms with van der Waals surface area (Å²) in [6, 6.07) is 14.2. The zero-order valence-corrected chi connectivity index (χ0v) is 15.2. The number of nitrogens with one attached hydrogen (secondary N) is 1. The zero-order chi connectivity index (χ0) is 17.9. The fourth-order valence-corrected chi connectivity index (χ4v) is 3.66. The van der Waals surface area contributed by atoms with Gasteiger partial charge < -0.3 is 0 Å². The number of hydrogen-bond acceptors (Lipinski definition) is 4. The van der Waals surface area contributed by atoms with Crippen molar-refractivity contribution in [2.45, 2.75) is 6.42 Å². The van der Waals surface area contributed by atoms with Gasteiger partial charge in [0, 0.05) is 23.1 Å². The molecule has 0 atom stereocenters. The van der Waals surface area contributed by atoms with E-state index < -0.39 is 10.0 Å². The summed E-state index contributed by atoms with van der Waals surface area (Å²) in [5.41, 5.74) is 3.80. The van der Waals surface area contributed by atoms with E-state index in [2.05, 4.69) is 9.71 Å². The summed E-state index contributed by atoms with van der Waals surface area (Å²) < 4.78 is 37.6. The minimum atomic E-state index is -3.15. The molecule has 0 aliphatic heterocycles. The van der Waals surface area contributed by atoms with Gasteiger partial charge in [-0.05, 0) is 36.2 Å². The Kier molecular flexibility index (Phi) is 5.27. The molecule has 1 heterocycles. The molecule has 0 unspecified atom stereocenters. The fraction of sp³-hybridized carbons (Fsp3) is 0.167. The molecule has 0 bridgehead atoms. The van der Waals surface area contributed by atoms with E-state index in [0.717, 1.165) is 33.6 Å². The predicted octanol–water partition coefficient (Wildman–Crippen LogP) is 3.71. The molecule has 1 aromatic heterocycles. The molecule has 1 N–H and O–H groups in total. The van der Waals surface area contributed by atoms with E-state index in [-0.39, 0.29) is 5.82 Å². The van der Waals surface area contributed by atoms with Gasteiger partial charge >= 0.3 is 0 Å². The van der Waals surface area contributed by atoms with Gasteiger partial charge in [-0.25, -0.2) is 22.5 Å². The van der Waals surface area contributed by atoms with E-state index >= 15 is 0 Å². The summed E-state index contributed by atoms with van der Waals surface area (Å²) in [4.78, 5) is 4.61. The van der Waals surface area contributed by atoms with E-state index in [9.17, 15) is 12.8 Å². The van der Waals surface area contributed by atoms with Crippen LogP contribution in [0.25, 0.3) is 21.8 Å². The quantitative estimate of drug-likeness (QED) is 0.713. The molecule has 0 saturated carbocycles. The zero-order valence-electron chi connectivity index (χ0n) is 13.6. The Morgan fingerprint density at radius 3 is 2.32 bits per heavy atom. The van der Waals surface area contributed by atoms with Crippen LogP contribution in [0.4, 0.5) is 4.39 Å². The number of hydrogen-bond donors (Lipinski definition) is 1. The number of sulfonamides is 1. The van der Waals surface area contributed by atoms with E-state index in [1.54, 1.807) is 12.1 Å². The molecular formula is C18H17FN2O2S2. The third kappa shape index (κ3) is 4.94. The van der Waals surface area contributed by atoms with Crippen molar-refractivity contribution < 1.29 is 12.8 Å². The van der Waals surface area contributed by atoms with Gasteiger partial charge in [0.2, 0.25) is 10.0 Å². The Bertz CT molecular complexity index is 950. The van der Waals surface area contributed by atoms with Crippen molar-refractivity contribution in [3.8, 4) is 21.8 Å². The van der Waals surface area contributed by atoms with Crippen LogP contribution in [0.2, 0.25) is 0 Å². The smallest absolute Gasteiger partial charge is 0.208 e. The maximum atomic E-state index is 13.0. The highest BCUT2D eigenvalue weighted by atomic mass is 32.2. The second-order valence-corrected chi connectivity index (χ2v) is 8.35. The maximum absolute atomic E-state index is 13.0. The summed E-state index contributed by atoms with van der Waals surface area (Å²) >= 11 is 1.51. The average Bonchev–Trinajstić information content (AvgIpc) is 3.05. The first kappa shape index (κ1) is 17.7. The van der Waals surface area contributed by atoms with Gasteiger partial charge in [-0.2, -0.15) is 0 Å². The molecule has 25 heavy (non-hydrogen) atoms. The highest BCUT2D eigenvalue weighted by molar-refractivity contribution is 7.88. The number of rotatable bonds is 6. The second-order valence-electron chi connectivity index (χ2n) is 5.66. The maximum Gasteiger partial charge on any atom is 0.208 e. The molecule has 130 valence electrons. The molecule has 0 fully saturated rings. The summed E-state index contributed by atoms with van der Waals surface area (Å²) in [6.07, 6.45) is 1.78. The van der Waals surface area contributed by atoms with Gasteiger partial charge in [0.25, 0.3) is 0 Å². The largest absolute Gasteiger partial charge is 0.236 e. The highest BCUT2D eigenvalue weighted by Gasteiger charge is 2.07. The van der Waals surface area contributed by atoms with Crippen molar-refractivity contribution in [1.29, 1.82) is 0 Å². The van der Waals surface area contributed by atoms with Crippen molar-refractivity contribution >= 4 is 21.4 Å². The van der Waals surface area contributed by atoms with E-state index in [4.69, 9.17) is 0 Å². The van der Waals surface area contributed by atoms with E-state index in [1.165, 1.54) is 23.5 Å². The van der Waals surface area contributed by atoms with Gasteiger partial charge in [0.15, 0.2) is 0 Å². The normalized spacial score (nSPS) is 11.6. The van der Waals surface area contributed by atoms with Crippen molar-refractivity contribution in [2.75, 3.05) is 12.8 Å². The third-order valence-electron chi connectivity index (χ3n) is 3.62. The number of benzene rings is 2. The summed E-state index contributed by atoms with van der Waals surface area (Å²) in [5, 5.41) is 2.82. The first-order valence-corrected chi connectivity index (χ1v) is 10.4. The minimum Gasteiger partial charge on any atom is -0.236 e. The standard InChI is InChI=1S/C18H17FN2O2S2/c1-25(22,23)20-11-10-13-2-4-14(5-3-13)17-12-24-18(21-17)15-6-8-16(19)9-7-15/h2-9,12,20H,10-11H2,1H3. The Hall–Kier alpha value is -2.09. The molecule has 7 heteroatoms. The average molecular weight is 376 g/mol. The first-order valence-electron chi connectivity index (χ1n) is 7.66. The number of halogens is 1. The third-order valence-corrected chi connectivity index (χ3v) is 5.24. The van der Waals surface area contributed by atoms with Crippen molar-refractivity contribution in [2.24, 2.45) is 0 Å². The van der Waals surface area contributed by atoms with Crippen LogP contribution in [0, 0.1) is 5.82 Å². The van der Waals surface area contributed by atoms with Crippen LogP contribution >= 0.6 is 11.3 Å². The second kappa shape index (κ2) is 7.43. The van der Waals surface area contributed by atoms with Crippen molar-refractivity contribution in [3.63, 3.8) is 0 Å². The molecule has 0 saturated heterocycles. The number of thiazole rings is 1. The Labute approximate surface area is 150 Å². The van der Waals surface area contributed by atoms with Crippen LogP contribution in [0.5, 0.6) is 0 Å². The van der Waals surface area contributed by atoms with Gasteiger partial charge in [-0.15, -0.1) is 11.3 Å². The fourth-order valence-electron chi connectivity index (χ4n) is 2.35. The number of nitrogens with zero attached hydrogens (tertiary/aromatic N) is 1. The SMILES string of the molecule is CS(=O)(=O)NCCc1ccc(-c2csc(-c3ccc(F)cc3)n2)cc1. The molecule has 3 rings (SSSR count). The summed E-state index contributed by atoms with van der Waals surface area (Å²) in [5.74, 6) is -0.263. The van der Waals surface area contributed by atoms with E-state index in [0.29, 0.717) is 13.0 Å². The van der Waals surface area contributed by atoms with E-state index in [1.807, 2.05) is 29.6 Å². The molecule has 4 nitrogen and oxygen atoms in total. The topological polar surface area (TPSA) is 59.1 Å². The van der Waals surface area contributed by atoms with Gasteiger partial charge in [0.05, 0.1) is 11.9 Å². The molecule has 0 amide bonds. The van der Waals surface area contributed by atoms with Gasteiger partial charge in [0.1, 0.15) is 10.8 Å². The van der Waals surface area contributed by atoms with Crippen LogP contribution in [-0.2, 0) is 16.4 Å². The lowest BCUT2D eigenvalue weighted by molar-refractivity contribution is 0.588. The summed E-state index contributed by atoms with van der Waals surface area (Å²) in [6.45, 7) is 0.379. The monoisotopic (exact) mass is 376 g/mol. The molecule has 0 spiro atoms. The molecular weight excluding hydrogens is 359 g/mol. The van der Waals surface area contributed by atoms with Crippen LogP contribution in [0.15, 0.2) is 53.9 Å². The Balaban J connectivity index is 1.69. The predicted molar refractivity (Wildman–Crippen MR) is 99.5 cm³/mol. The molecule has 3 aromatic rings. The van der Waals surface area contributed by atoms with Crippen molar-refractivity contribution in [3.05, 3.63) is 65.3 Å². The van der Waals surface area contributed by atoms with Crippen LogP contribution in [-0.4, -0.2) is 26.2 Å². The van der Waals surface area contributed by atoms with Crippen LogP contribution < -0.4 is 4.72 Å².